The highest BCUT2D eigenvalue weighted by Gasteiger charge is 2.34. The molecule has 0 aliphatic carbocycles. The normalized spacial score (nSPS) is 14.1. The van der Waals surface area contributed by atoms with Gasteiger partial charge in [-0.15, -0.1) is 5.10 Å². The van der Waals surface area contributed by atoms with Crippen LogP contribution in [0.25, 0.3) is 11.3 Å². The zero-order valence-electron chi connectivity index (χ0n) is 15.9. The van der Waals surface area contributed by atoms with Crippen LogP contribution in [0, 0.1) is 0 Å². The van der Waals surface area contributed by atoms with Crippen molar-refractivity contribution in [2.45, 2.75) is 19.6 Å². The van der Waals surface area contributed by atoms with Crippen LogP contribution in [0.4, 0.5) is 0 Å². The Kier molecular flexibility index (Phi) is 5.12. The van der Waals surface area contributed by atoms with Crippen LogP contribution >= 0.6 is 0 Å². The van der Waals surface area contributed by atoms with Gasteiger partial charge in [-0.05, 0) is 43.3 Å². The van der Waals surface area contributed by atoms with Crippen molar-refractivity contribution in [2.24, 2.45) is 0 Å². The van der Waals surface area contributed by atoms with Crippen molar-refractivity contribution in [2.75, 3.05) is 26.8 Å². The Bertz CT molecular complexity index is 941. The molecule has 2 aromatic heterocycles. The Morgan fingerprint density at radius 3 is 2.71 bits per heavy atom. The molecule has 146 valence electrons. The van der Waals surface area contributed by atoms with Crippen molar-refractivity contribution in [1.29, 1.82) is 0 Å². The molecule has 1 aliphatic rings. The SMILES string of the molecule is CCOc1ccc(-c2cn(C3CN(C(=O)c4ccc(COC)o4)C3)nn2)cc1. The maximum atomic E-state index is 12.5. The van der Waals surface area contributed by atoms with Crippen LogP contribution in [0.1, 0.15) is 29.3 Å². The first-order chi connectivity index (χ1) is 13.7. The highest BCUT2D eigenvalue weighted by Crippen LogP contribution is 2.26. The number of amides is 1. The zero-order valence-corrected chi connectivity index (χ0v) is 15.9. The Morgan fingerprint density at radius 1 is 1.21 bits per heavy atom. The predicted molar refractivity (Wildman–Crippen MR) is 101 cm³/mol. The van der Waals surface area contributed by atoms with E-state index >= 15 is 0 Å². The van der Waals surface area contributed by atoms with E-state index in [1.807, 2.05) is 42.1 Å². The van der Waals surface area contributed by atoms with E-state index in [4.69, 9.17) is 13.9 Å². The Morgan fingerprint density at radius 2 is 2.00 bits per heavy atom. The third-order valence-corrected chi connectivity index (χ3v) is 4.65. The monoisotopic (exact) mass is 382 g/mol. The fourth-order valence-electron chi connectivity index (χ4n) is 3.13. The molecule has 0 unspecified atom stereocenters. The fraction of sp³-hybridized carbons (Fsp3) is 0.350. The maximum absolute atomic E-state index is 12.5. The van der Waals surface area contributed by atoms with Gasteiger partial charge in [-0.25, -0.2) is 4.68 Å². The molecule has 0 radical (unpaired) electrons. The number of hydrogen-bond donors (Lipinski definition) is 0. The van der Waals surface area contributed by atoms with Crippen LogP contribution in [0.15, 0.2) is 47.0 Å². The lowest BCUT2D eigenvalue weighted by molar-refractivity contribution is 0.0461. The largest absolute Gasteiger partial charge is 0.494 e. The summed E-state index contributed by atoms with van der Waals surface area (Å²) in [5.74, 6) is 1.68. The zero-order chi connectivity index (χ0) is 19.5. The Balaban J connectivity index is 1.36. The van der Waals surface area contributed by atoms with E-state index in [-0.39, 0.29) is 11.9 Å². The molecule has 3 heterocycles. The average Bonchev–Trinajstić information content (AvgIpc) is 3.32. The van der Waals surface area contributed by atoms with Crippen LogP contribution in [0.5, 0.6) is 5.75 Å². The molecule has 4 rings (SSSR count). The smallest absolute Gasteiger partial charge is 0.289 e. The van der Waals surface area contributed by atoms with Crippen LogP contribution < -0.4 is 4.74 Å². The summed E-state index contributed by atoms with van der Waals surface area (Å²) in [5.41, 5.74) is 1.77. The summed E-state index contributed by atoms with van der Waals surface area (Å²) in [6.45, 7) is 4.09. The second-order valence-electron chi connectivity index (χ2n) is 6.60. The van der Waals surface area contributed by atoms with Gasteiger partial charge in [0, 0.05) is 25.8 Å². The maximum Gasteiger partial charge on any atom is 0.289 e. The molecule has 0 saturated carbocycles. The molecular formula is C20H22N4O4. The Hall–Kier alpha value is -3.13. The van der Waals surface area contributed by atoms with Crippen molar-refractivity contribution in [1.82, 2.24) is 19.9 Å². The minimum atomic E-state index is -0.120. The number of nitrogens with zero attached hydrogens (tertiary/aromatic N) is 4. The second kappa shape index (κ2) is 7.85. The van der Waals surface area contributed by atoms with Gasteiger partial charge in [0.1, 0.15) is 23.8 Å². The van der Waals surface area contributed by atoms with Gasteiger partial charge in [-0.1, -0.05) is 5.21 Å². The molecule has 8 nitrogen and oxygen atoms in total. The molecule has 3 aromatic rings. The molecule has 0 bridgehead atoms. The lowest BCUT2D eigenvalue weighted by Gasteiger charge is -2.38. The van der Waals surface area contributed by atoms with E-state index in [0.29, 0.717) is 37.8 Å². The number of benzene rings is 1. The van der Waals surface area contributed by atoms with Gasteiger partial charge in [0.2, 0.25) is 0 Å². The van der Waals surface area contributed by atoms with Gasteiger partial charge in [0.25, 0.3) is 5.91 Å². The van der Waals surface area contributed by atoms with Gasteiger partial charge in [-0.3, -0.25) is 4.79 Å². The molecule has 1 fully saturated rings. The summed E-state index contributed by atoms with van der Waals surface area (Å²) in [6, 6.07) is 11.3. The Labute approximate surface area is 162 Å². The van der Waals surface area contributed by atoms with E-state index in [0.717, 1.165) is 17.0 Å². The van der Waals surface area contributed by atoms with Crippen LogP contribution in [-0.2, 0) is 11.3 Å². The van der Waals surface area contributed by atoms with Crippen molar-refractivity contribution in [3.05, 3.63) is 54.1 Å². The molecule has 0 N–H and O–H groups in total. The lowest BCUT2D eigenvalue weighted by atomic mass is 10.1. The summed E-state index contributed by atoms with van der Waals surface area (Å²) >= 11 is 0. The van der Waals surface area contributed by atoms with E-state index in [1.54, 1.807) is 24.1 Å². The number of carbonyl (C=O) groups is 1. The quantitative estimate of drug-likeness (QED) is 0.625. The summed E-state index contributed by atoms with van der Waals surface area (Å²) in [5, 5.41) is 8.48. The molecule has 1 saturated heterocycles. The number of aromatic nitrogens is 3. The second-order valence-corrected chi connectivity index (χ2v) is 6.60. The standard InChI is InChI=1S/C20H22N4O4/c1-3-27-16-6-4-14(5-7-16)18-12-24(22-21-18)15-10-23(11-15)20(25)19-9-8-17(28-19)13-26-2/h4-9,12,15H,3,10-11,13H2,1-2H3. The average molecular weight is 382 g/mol. The van der Waals surface area contributed by atoms with E-state index in [1.165, 1.54) is 0 Å². The minimum Gasteiger partial charge on any atom is -0.494 e. The van der Waals surface area contributed by atoms with Gasteiger partial charge in [0.15, 0.2) is 5.76 Å². The van der Waals surface area contributed by atoms with E-state index < -0.39 is 0 Å². The van der Waals surface area contributed by atoms with Crippen molar-refractivity contribution in [3.63, 3.8) is 0 Å². The molecule has 28 heavy (non-hydrogen) atoms. The molecule has 1 aromatic carbocycles. The number of likely N-dealkylation sites (tertiary alicyclic amines) is 1. The first kappa shape index (κ1) is 18.2. The highest BCUT2D eigenvalue weighted by atomic mass is 16.5. The summed E-state index contributed by atoms with van der Waals surface area (Å²) in [4.78, 5) is 14.2. The third kappa shape index (κ3) is 3.63. The fourth-order valence-corrected chi connectivity index (χ4v) is 3.13. The van der Waals surface area contributed by atoms with Crippen molar-refractivity contribution < 1.29 is 18.7 Å². The van der Waals surface area contributed by atoms with Gasteiger partial charge in [-0.2, -0.15) is 0 Å². The van der Waals surface area contributed by atoms with E-state index in [9.17, 15) is 4.79 Å². The first-order valence-electron chi connectivity index (χ1n) is 9.20. The van der Waals surface area contributed by atoms with Crippen LogP contribution in [0.3, 0.4) is 0 Å². The number of hydrogen-bond acceptors (Lipinski definition) is 6. The molecule has 0 atom stereocenters. The van der Waals surface area contributed by atoms with Gasteiger partial charge < -0.3 is 18.8 Å². The number of ether oxygens (including phenoxy) is 2. The molecule has 0 spiro atoms. The first-order valence-corrected chi connectivity index (χ1v) is 9.20. The summed E-state index contributed by atoms with van der Waals surface area (Å²) < 4.78 is 17.8. The highest BCUT2D eigenvalue weighted by molar-refractivity contribution is 5.92. The van der Waals surface area contributed by atoms with Gasteiger partial charge in [0.05, 0.1) is 18.8 Å². The number of rotatable bonds is 7. The number of methoxy groups -OCH3 is 1. The number of furan rings is 1. The van der Waals surface area contributed by atoms with Crippen molar-refractivity contribution in [3.8, 4) is 17.0 Å². The van der Waals surface area contributed by atoms with Crippen molar-refractivity contribution >= 4 is 5.91 Å². The van der Waals surface area contributed by atoms with Crippen LogP contribution in [-0.4, -0.2) is 52.6 Å². The van der Waals surface area contributed by atoms with Crippen LogP contribution in [0.2, 0.25) is 0 Å². The summed E-state index contributed by atoms with van der Waals surface area (Å²) in [6.07, 6.45) is 1.91. The van der Waals surface area contributed by atoms with E-state index in [2.05, 4.69) is 10.3 Å². The molecule has 1 amide bonds. The minimum absolute atomic E-state index is 0.112. The summed E-state index contributed by atoms with van der Waals surface area (Å²) in [7, 11) is 1.59. The third-order valence-electron chi connectivity index (χ3n) is 4.65. The topological polar surface area (TPSA) is 82.6 Å². The predicted octanol–water partition coefficient (Wildman–Crippen LogP) is 2.78. The van der Waals surface area contributed by atoms with Gasteiger partial charge >= 0.3 is 0 Å². The molecule has 8 heteroatoms. The number of carbonyl (C=O) groups excluding carboxylic acids is 1. The lowest BCUT2D eigenvalue weighted by Crippen LogP contribution is -2.50. The molecular weight excluding hydrogens is 360 g/mol. The molecule has 1 aliphatic heterocycles.